The third-order valence-corrected chi connectivity index (χ3v) is 5.93. The standard InChI is InChI=1S/C26H17NO6/c28-24(16-10-11-19-21(13-16)33-14-32-19)22-23(20-9-4-12-31-20)27(26(30)25(22)29)18-8-3-6-15-5-1-2-7-17(15)18/h1-13,23,28H,14H2/b24-22-. The van der Waals surface area contributed by atoms with Crippen molar-refractivity contribution in [3.8, 4) is 11.5 Å². The van der Waals surface area contributed by atoms with E-state index in [1.807, 2.05) is 36.4 Å². The fourth-order valence-corrected chi connectivity index (χ4v) is 4.41. The first-order valence-corrected chi connectivity index (χ1v) is 10.4. The summed E-state index contributed by atoms with van der Waals surface area (Å²) < 4.78 is 16.4. The summed E-state index contributed by atoms with van der Waals surface area (Å²) in [6.07, 6.45) is 1.47. The molecule has 1 fully saturated rings. The quantitative estimate of drug-likeness (QED) is 0.281. The van der Waals surface area contributed by atoms with E-state index in [4.69, 9.17) is 13.9 Å². The number of amides is 1. The molecular formula is C26H17NO6. The topological polar surface area (TPSA) is 89.2 Å². The number of aliphatic hydroxyl groups is 1. The lowest BCUT2D eigenvalue weighted by Crippen LogP contribution is -2.29. The van der Waals surface area contributed by atoms with Crippen molar-refractivity contribution in [2.45, 2.75) is 6.04 Å². The molecule has 4 aromatic rings. The molecule has 2 aliphatic rings. The van der Waals surface area contributed by atoms with Crippen molar-refractivity contribution in [3.63, 3.8) is 0 Å². The first-order chi connectivity index (χ1) is 16.1. The highest BCUT2D eigenvalue weighted by molar-refractivity contribution is 6.52. The summed E-state index contributed by atoms with van der Waals surface area (Å²) in [5.74, 6) is -0.475. The molecule has 1 aromatic heterocycles. The molecule has 1 unspecified atom stereocenters. The van der Waals surface area contributed by atoms with Gasteiger partial charge in [0.2, 0.25) is 6.79 Å². The maximum atomic E-state index is 13.3. The van der Waals surface area contributed by atoms with E-state index in [0.717, 1.165) is 10.8 Å². The van der Waals surface area contributed by atoms with E-state index in [2.05, 4.69) is 0 Å². The van der Waals surface area contributed by atoms with E-state index in [-0.39, 0.29) is 18.1 Å². The zero-order valence-electron chi connectivity index (χ0n) is 17.2. The molecule has 7 nitrogen and oxygen atoms in total. The fraction of sp³-hybridized carbons (Fsp3) is 0.0769. The van der Waals surface area contributed by atoms with E-state index < -0.39 is 17.7 Å². The fourth-order valence-electron chi connectivity index (χ4n) is 4.41. The second-order valence-electron chi connectivity index (χ2n) is 7.75. The van der Waals surface area contributed by atoms with Crippen molar-refractivity contribution in [2.24, 2.45) is 0 Å². The van der Waals surface area contributed by atoms with Crippen LogP contribution in [-0.2, 0) is 9.59 Å². The molecule has 3 heterocycles. The number of aliphatic hydroxyl groups excluding tert-OH is 1. The van der Waals surface area contributed by atoms with Crippen LogP contribution in [0, 0.1) is 0 Å². The van der Waals surface area contributed by atoms with Gasteiger partial charge in [0, 0.05) is 10.9 Å². The number of nitrogens with zero attached hydrogens (tertiary/aromatic N) is 1. The van der Waals surface area contributed by atoms with E-state index in [0.29, 0.717) is 28.5 Å². The normalized spacial score (nSPS) is 18.9. The molecule has 162 valence electrons. The molecule has 0 spiro atoms. The smallest absolute Gasteiger partial charge is 0.300 e. The summed E-state index contributed by atoms with van der Waals surface area (Å²) in [6.45, 7) is 0.0808. The lowest BCUT2D eigenvalue weighted by atomic mass is 9.98. The first kappa shape index (κ1) is 19.2. The predicted octanol–water partition coefficient (Wildman–Crippen LogP) is 4.79. The van der Waals surface area contributed by atoms with E-state index in [9.17, 15) is 14.7 Å². The molecular weight excluding hydrogens is 422 g/mol. The lowest BCUT2D eigenvalue weighted by molar-refractivity contribution is -0.132. The highest BCUT2D eigenvalue weighted by atomic mass is 16.7. The van der Waals surface area contributed by atoms with Gasteiger partial charge in [-0.25, -0.2) is 0 Å². The van der Waals surface area contributed by atoms with Crippen LogP contribution in [-0.4, -0.2) is 23.6 Å². The van der Waals surface area contributed by atoms with Crippen LogP contribution in [0.25, 0.3) is 16.5 Å². The van der Waals surface area contributed by atoms with Gasteiger partial charge >= 0.3 is 0 Å². The zero-order valence-corrected chi connectivity index (χ0v) is 17.2. The highest BCUT2D eigenvalue weighted by Gasteiger charge is 2.48. The summed E-state index contributed by atoms with van der Waals surface area (Å²) in [5.41, 5.74) is 0.842. The number of benzene rings is 3. The summed E-state index contributed by atoms with van der Waals surface area (Å²) >= 11 is 0. The number of furan rings is 1. The molecule has 0 saturated carbocycles. The summed E-state index contributed by atoms with van der Waals surface area (Å²) in [5, 5.41) is 13.0. The SMILES string of the molecule is O=C1C(=O)N(c2cccc3ccccc23)C(c2ccco2)/C1=C(/O)c1ccc2c(c1)OCO2. The van der Waals surface area contributed by atoms with Gasteiger partial charge in [0.25, 0.3) is 11.7 Å². The Morgan fingerprint density at radius 3 is 2.58 bits per heavy atom. The van der Waals surface area contributed by atoms with E-state index in [1.165, 1.54) is 11.2 Å². The van der Waals surface area contributed by atoms with Gasteiger partial charge in [0.1, 0.15) is 17.6 Å². The number of fused-ring (bicyclic) bond motifs is 2. The van der Waals surface area contributed by atoms with Crippen LogP contribution in [0.1, 0.15) is 17.4 Å². The maximum absolute atomic E-state index is 13.3. The van der Waals surface area contributed by atoms with Gasteiger partial charge in [-0.05, 0) is 41.8 Å². The number of hydrogen-bond acceptors (Lipinski definition) is 6. The van der Waals surface area contributed by atoms with Crippen LogP contribution >= 0.6 is 0 Å². The van der Waals surface area contributed by atoms with Crippen molar-refractivity contribution in [1.82, 2.24) is 0 Å². The van der Waals surface area contributed by atoms with Crippen LogP contribution in [0.2, 0.25) is 0 Å². The Balaban J connectivity index is 1.57. The van der Waals surface area contributed by atoms with Gasteiger partial charge in [-0.3, -0.25) is 14.5 Å². The molecule has 1 saturated heterocycles. The number of ether oxygens (including phenoxy) is 2. The molecule has 7 heteroatoms. The molecule has 1 N–H and O–H groups in total. The van der Waals surface area contributed by atoms with Gasteiger partial charge in [0.05, 0.1) is 17.5 Å². The first-order valence-electron chi connectivity index (χ1n) is 10.4. The van der Waals surface area contributed by atoms with Crippen LogP contribution in [0.15, 0.2) is 89.0 Å². The molecule has 3 aromatic carbocycles. The Kier molecular flexibility index (Phi) is 4.23. The summed E-state index contributed by atoms with van der Waals surface area (Å²) in [4.78, 5) is 28.0. The van der Waals surface area contributed by atoms with Gasteiger partial charge in [0.15, 0.2) is 11.5 Å². The Bertz CT molecular complexity index is 1450. The lowest BCUT2D eigenvalue weighted by Gasteiger charge is -2.24. The van der Waals surface area contributed by atoms with E-state index in [1.54, 1.807) is 36.4 Å². The van der Waals surface area contributed by atoms with Gasteiger partial charge < -0.3 is 19.0 Å². The molecule has 2 aliphatic heterocycles. The van der Waals surface area contributed by atoms with Gasteiger partial charge in [-0.15, -0.1) is 0 Å². The third-order valence-electron chi connectivity index (χ3n) is 5.93. The van der Waals surface area contributed by atoms with Crippen molar-refractivity contribution < 1.29 is 28.6 Å². The number of carbonyl (C=O) groups is 2. The van der Waals surface area contributed by atoms with Gasteiger partial charge in [-0.1, -0.05) is 36.4 Å². The number of anilines is 1. The molecule has 1 atom stereocenters. The third kappa shape index (κ3) is 2.90. The minimum Gasteiger partial charge on any atom is -0.507 e. The Labute approximate surface area is 188 Å². The maximum Gasteiger partial charge on any atom is 0.300 e. The second kappa shape index (κ2) is 7.27. The minimum absolute atomic E-state index is 0.0539. The van der Waals surface area contributed by atoms with Crippen LogP contribution in [0.4, 0.5) is 5.69 Å². The van der Waals surface area contributed by atoms with Crippen molar-refractivity contribution in [1.29, 1.82) is 0 Å². The zero-order chi connectivity index (χ0) is 22.5. The second-order valence-corrected chi connectivity index (χ2v) is 7.75. The number of rotatable bonds is 3. The number of ketones is 1. The summed E-state index contributed by atoms with van der Waals surface area (Å²) in [6, 6.07) is 20.4. The number of hydrogen-bond donors (Lipinski definition) is 1. The highest BCUT2D eigenvalue weighted by Crippen LogP contribution is 2.45. The molecule has 0 bridgehead atoms. The molecule has 0 radical (unpaired) electrons. The van der Waals surface area contributed by atoms with Gasteiger partial charge in [-0.2, -0.15) is 0 Å². The largest absolute Gasteiger partial charge is 0.507 e. The van der Waals surface area contributed by atoms with Crippen molar-refractivity contribution >= 4 is 33.9 Å². The Hall–Kier alpha value is -4.52. The van der Waals surface area contributed by atoms with Crippen LogP contribution < -0.4 is 14.4 Å². The van der Waals surface area contributed by atoms with Crippen LogP contribution in [0.3, 0.4) is 0 Å². The molecule has 1 amide bonds. The van der Waals surface area contributed by atoms with E-state index >= 15 is 0 Å². The summed E-state index contributed by atoms with van der Waals surface area (Å²) in [7, 11) is 0. The van der Waals surface area contributed by atoms with Crippen molar-refractivity contribution in [2.75, 3.05) is 11.7 Å². The predicted molar refractivity (Wildman–Crippen MR) is 120 cm³/mol. The Morgan fingerprint density at radius 2 is 1.73 bits per heavy atom. The van der Waals surface area contributed by atoms with Crippen LogP contribution in [0.5, 0.6) is 11.5 Å². The average molecular weight is 439 g/mol. The number of Topliss-reactive ketones (excluding diaryl/α,β-unsaturated/α-hetero) is 1. The minimum atomic E-state index is -0.934. The Morgan fingerprint density at radius 1 is 0.909 bits per heavy atom. The average Bonchev–Trinajstić information content (AvgIpc) is 3.58. The molecule has 0 aliphatic carbocycles. The molecule has 33 heavy (non-hydrogen) atoms. The number of carbonyl (C=O) groups excluding carboxylic acids is 2. The molecule has 6 rings (SSSR count). The van der Waals surface area contributed by atoms with Crippen molar-refractivity contribution in [3.05, 3.63) is 96.0 Å². The monoisotopic (exact) mass is 439 g/mol.